The molecule has 0 spiro atoms. The lowest BCUT2D eigenvalue weighted by atomic mass is 10.1. The molecule has 6 heteroatoms. The zero-order valence-corrected chi connectivity index (χ0v) is 19.4. The van der Waals surface area contributed by atoms with Crippen molar-refractivity contribution >= 4 is 17.5 Å². The van der Waals surface area contributed by atoms with E-state index < -0.39 is 0 Å². The molecule has 0 radical (unpaired) electrons. The van der Waals surface area contributed by atoms with Crippen LogP contribution in [0.4, 0.5) is 10.1 Å². The van der Waals surface area contributed by atoms with Crippen molar-refractivity contribution in [3.8, 4) is 0 Å². The summed E-state index contributed by atoms with van der Waals surface area (Å²) in [6.45, 7) is 2.63. The summed E-state index contributed by atoms with van der Waals surface area (Å²) < 4.78 is 13.4. The van der Waals surface area contributed by atoms with E-state index in [1.165, 1.54) is 12.1 Å². The number of benzene rings is 3. The van der Waals surface area contributed by atoms with Gasteiger partial charge in [-0.2, -0.15) is 0 Å². The van der Waals surface area contributed by atoms with Gasteiger partial charge >= 0.3 is 0 Å². The number of anilines is 1. The van der Waals surface area contributed by atoms with Crippen molar-refractivity contribution in [2.45, 2.75) is 26.4 Å². The lowest BCUT2D eigenvalue weighted by Gasteiger charge is -2.24. The van der Waals surface area contributed by atoms with Crippen molar-refractivity contribution in [1.29, 1.82) is 0 Å². The molecule has 3 aromatic carbocycles. The molecular weight excluding hydrogens is 441 g/mol. The van der Waals surface area contributed by atoms with Gasteiger partial charge in [0, 0.05) is 30.2 Å². The number of carbonyl (C=O) groups excluding carboxylic acids is 2. The van der Waals surface area contributed by atoms with Crippen molar-refractivity contribution < 1.29 is 14.0 Å². The summed E-state index contributed by atoms with van der Waals surface area (Å²) in [5.41, 5.74) is 4.78. The van der Waals surface area contributed by atoms with E-state index in [1.807, 2.05) is 55.5 Å². The summed E-state index contributed by atoms with van der Waals surface area (Å²) >= 11 is 0. The molecule has 1 N–H and O–H groups in total. The fourth-order valence-corrected chi connectivity index (χ4v) is 3.69. The van der Waals surface area contributed by atoms with Crippen LogP contribution in [0.5, 0.6) is 0 Å². The third-order valence-electron chi connectivity index (χ3n) is 5.60. The van der Waals surface area contributed by atoms with Gasteiger partial charge in [0.05, 0.1) is 13.0 Å². The number of aromatic nitrogens is 1. The lowest BCUT2D eigenvalue weighted by Crippen LogP contribution is -2.30. The highest BCUT2D eigenvalue weighted by Crippen LogP contribution is 2.22. The van der Waals surface area contributed by atoms with Crippen LogP contribution >= 0.6 is 0 Å². The minimum absolute atomic E-state index is 0.124. The van der Waals surface area contributed by atoms with Crippen LogP contribution < -0.4 is 10.2 Å². The lowest BCUT2D eigenvalue weighted by molar-refractivity contribution is -0.120. The van der Waals surface area contributed by atoms with Crippen LogP contribution in [0.15, 0.2) is 97.3 Å². The Morgan fingerprint density at radius 1 is 0.886 bits per heavy atom. The predicted octanol–water partition coefficient (Wildman–Crippen LogP) is 5.24. The van der Waals surface area contributed by atoms with Gasteiger partial charge in [0.2, 0.25) is 5.91 Å². The maximum atomic E-state index is 13.5. The first kappa shape index (κ1) is 23.8. The molecule has 0 aliphatic rings. The monoisotopic (exact) mass is 467 g/mol. The maximum Gasteiger partial charge on any atom is 0.258 e. The molecule has 1 aromatic heterocycles. The normalized spacial score (nSPS) is 10.6. The molecule has 0 saturated carbocycles. The van der Waals surface area contributed by atoms with Crippen LogP contribution in [0, 0.1) is 12.7 Å². The number of carbonyl (C=O) groups is 2. The number of nitrogens with zero attached hydrogens (tertiary/aromatic N) is 2. The molecule has 0 atom stereocenters. The average molecular weight is 468 g/mol. The van der Waals surface area contributed by atoms with E-state index in [1.54, 1.807) is 41.6 Å². The van der Waals surface area contributed by atoms with Crippen LogP contribution in [-0.2, 0) is 24.3 Å². The first-order valence-electron chi connectivity index (χ1n) is 11.4. The molecule has 4 rings (SSSR count). The maximum absolute atomic E-state index is 13.5. The number of amides is 2. The molecule has 0 aliphatic heterocycles. The molecule has 176 valence electrons. The Balaban J connectivity index is 1.54. The topological polar surface area (TPSA) is 62.3 Å². The van der Waals surface area contributed by atoms with E-state index in [2.05, 4.69) is 10.3 Å². The third kappa shape index (κ3) is 6.60. The highest BCUT2D eigenvalue weighted by molar-refractivity contribution is 6.06. The van der Waals surface area contributed by atoms with Crippen LogP contribution in [-0.4, -0.2) is 16.8 Å². The summed E-state index contributed by atoms with van der Waals surface area (Å²) in [7, 11) is 0. The predicted molar refractivity (Wildman–Crippen MR) is 134 cm³/mol. The second-order valence-electron chi connectivity index (χ2n) is 8.37. The third-order valence-corrected chi connectivity index (χ3v) is 5.60. The van der Waals surface area contributed by atoms with Gasteiger partial charge < -0.3 is 10.2 Å². The zero-order chi connectivity index (χ0) is 24.6. The first-order chi connectivity index (χ1) is 17.0. The highest BCUT2D eigenvalue weighted by Gasteiger charge is 2.19. The van der Waals surface area contributed by atoms with Gasteiger partial charge in [-0.25, -0.2) is 4.39 Å². The molecular formula is C29H26FN3O2. The second-order valence-corrected chi connectivity index (χ2v) is 8.37. The molecule has 1 heterocycles. The van der Waals surface area contributed by atoms with Gasteiger partial charge in [-0.05, 0) is 66.1 Å². The van der Waals surface area contributed by atoms with Crippen LogP contribution in [0.1, 0.15) is 32.6 Å². The van der Waals surface area contributed by atoms with Crippen molar-refractivity contribution in [1.82, 2.24) is 10.3 Å². The van der Waals surface area contributed by atoms with Gasteiger partial charge in [-0.1, -0.05) is 48.0 Å². The zero-order valence-electron chi connectivity index (χ0n) is 19.4. The Labute approximate surface area is 204 Å². The van der Waals surface area contributed by atoms with E-state index >= 15 is 0 Å². The number of aryl methyl sites for hydroxylation is 1. The standard InChI is InChI=1S/C29H26FN3O2/c1-21-7-11-25(12-8-21)29(35)33(20-22-9-13-26(30)14-10-22)27-6-2-4-23(16-27)17-28(34)32-19-24-5-3-15-31-18-24/h2-16,18H,17,19-20H2,1H3,(H,32,34). The molecule has 5 nitrogen and oxygen atoms in total. The number of hydrogen-bond acceptors (Lipinski definition) is 3. The second kappa shape index (κ2) is 11.2. The van der Waals surface area contributed by atoms with Gasteiger partial charge in [0.1, 0.15) is 5.82 Å². The molecule has 0 aliphatic carbocycles. The number of halogens is 1. The summed E-state index contributed by atoms with van der Waals surface area (Å²) in [6, 6.07) is 24.6. The van der Waals surface area contributed by atoms with Crippen LogP contribution in [0.25, 0.3) is 0 Å². The quantitative estimate of drug-likeness (QED) is 0.386. The van der Waals surface area contributed by atoms with Crippen molar-refractivity contribution in [3.63, 3.8) is 0 Å². The van der Waals surface area contributed by atoms with Crippen molar-refractivity contribution in [2.75, 3.05) is 4.90 Å². The number of pyridine rings is 1. The smallest absolute Gasteiger partial charge is 0.258 e. The fourth-order valence-electron chi connectivity index (χ4n) is 3.69. The van der Waals surface area contributed by atoms with Crippen LogP contribution in [0.2, 0.25) is 0 Å². The van der Waals surface area contributed by atoms with Crippen molar-refractivity contribution in [3.05, 3.63) is 131 Å². The Bertz CT molecular complexity index is 1290. The molecule has 0 bridgehead atoms. The first-order valence-corrected chi connectivity index (χ1v) is 11.4. The largest absolute Gasteiger partial charge is 0.352 e. The van der Waals surface area contributed by atoms with E-state index in [0.717, 1.165) is 22.3 Å². The summed E-state index contributed by atoms with van der Waals surface area (Å²) in [5.74, 6) is -0.627. The minimum Gasteiger partial charge on any atom is -0.352 e. The van der Waals surface area contributed by atoms with E-state index in [-0.39, 0.29) is 30.6 Å². The number of nitrogens with one attached hydrogen (secondary N) is 1. The van der Waals surface area contributed by atoms with E-state index in [4.69, 9.17) is 0 Å². The Kier molecular flexibility index (Phi) is 7.63. The fraction of sp³-hybridized carbons (Fsp3) is 0.138. The summed E-state index contributed by atoms with van der Waals surface area (Å²) in [4.78, 5) is 31.7. The minimum atomic E-state index is -0.329. The molecule has 35 heavy (non-hydrogen) atoms. The average Bonchev–Trinajstić information content (AvgIpc) is 2.88. The summed E-state index contributed by atoms with van der Waals surface area (Å²) in [5, 5.41) is 2.90. The number of hydrogen-bond donors (Lipinski definition) is 1. The van der Waals surface area contributed by atoms with E-state index in [0.29, 0.717) is 17.8 Å². The van der Waals surface area contributed by atoms with Gasteiger partial charge in [-0.3, -0.25) is 14.6 Å². The molecule has 0 unspecified atom stereocenters. The Morgan fingerprint density at radius 2 is 1.63 bits per heavy atom. The molecule has 0 saturated heterocycles. The van der Waals surface area contributed by atoms with E-state index in [9.17, 15) is 14.0 Å². The number of rotatable bonds is 8. The van der Waals surface area contributed by atoms with Crippen LogP contribution in [0.3, 0.4) is 0 Å². The van der Waals surface area contributed by atoms with Crippen molar-refractivity contribution in [2.24, 2.45) is 0 Å². The highest BCUT2D eigenvalue weighted by atomic mass is 19.1. The SMILES string of the molecule is Cc1ccc(C(=O)N(Cc2ccc(F)cc2)c2cccc(CC(=O)NCc3cccnc3)c2)cc1. The van der Waals surface area contributed by atoms with Gasteiger partial charge in [-0.15, -0.1) is 0 Å². The molecule has 2 amide bonds. The molecule has 0 fully saturated rings. The van der Waals surface area contributed by atoms with Gasteiger partial charge in [0.25, 0.3) is 5.91 Å². The Hall–Kier alpha value is -4.32. The molecule has 4 aromatic rings. The Morgan fingerprint density at radius 3 is 2.34 bits per heavy atom. The summed E-state index contributed by atoms with van der Waals surface area (Å²) in [6.07, 6.45) is 3.58. The van der Waals surface area contributed by atoms with Gasteiger partial charge in [0.15, 0.2) is 0 Å².